The fraction of sp³-hybridized carbons (Fsp3) is 0.176. The molecule has 3 nitrogen and oxygen atoms in total. The van der Waals surface area contributed by atoms with E-state index in [0.717, 1.165) is 22.5 Å². The fourth-order valence-electron chi connectivity index (χ4n) is 2.54. The summed E-state index contributed by atoms with van der Waals surface area (Å²) in [6, 6.07) is 12.3. The van der Waals surface area contributed by atoms with Gasteiger partial charge in [0.1, 0.15) is 5.82 Å². The van der Waals surface area contributed by atoms with Gasteiger partial charge in [0.05, 0.1) is 22.9 Å². The molecule has 0 saturated heterocycles. The molecular formula is C17H17N3. The third kappa shape index (κ3) is 2.35. The average Bonchev–Trinajstić information content (AvgIpc) is 2.80. The zero-order valence-corrected chi connectivity index (χ0v) is 11.9. The van der Waals surface area contributed by atoms with E-state index < -0.39 is 0 Å². The van der Waals surface area contributed by atoms with Crippen molar-refractivity contribution in [3.8, 4) is 0 Å². The number of aromatic nitrogens is 2. The number of nitrogens with zero attached hydrogens (tertiary/aromatic N) is 2. The van der Waals surface area contributed by atoms with Crippen LogP contribution in [0.2, 0.25) is 0 Å². The number of aryl methyl sites for hydroxylation is 3. The van der Waals surface area contributed by atoms with Gasteiger partial charge in [-0.05, 0) is 44.0 Å². The number of H-pyrrole nitrogens is 1. The van der Waals surface area contributed by atoms with Gasteiger partial charge in [-0.3, -0.25) is 4.99 Å². The molecule has 1 heterocycles. The maximum Gasteiger partial charge on any atom is 0.149 e. The molecule has 0 aliphatic rings. The largest absolute Gasteiger partial charge is 0.337 e. The van der Waals surface area contributed by atoms with Crippen LogP contribution in [0.4, 0.5) is 5.69 Å². The van der Waals surface area contributed by atoms with E-state index in [-0.39, 0.29) is 0 Å². The molecule has 100 valence electrons. The van der Waals surface area contributed by atoms with Crippen LogP contribution in [0.15, 0.2) is 41.4 Å². The van der Waals surface area contributed by atoms with E-state index in [4.69, 9.17) is 0 Å². The number of benzene rings is 2. The predicted molar refractivity (Wildman–Crippen MR) is 84.0 cm³/mol. The Hall–Kier alpha value is -2.42. The van der Waals surface area contributed by atoms with Gasteiger partial charge in [-0.25, -0.2) is 4.98 Å². The minimum atomic E-state index is 0.783. The standard InChI is InChI=1S/C17H17N3/c1-11-8-12(2)17(13(3)9-11)18-10-16-19-14-6-4-5-7-15(14)20-16/h4-10H,1-3H3,(H,19,20). The molecule has 0 bridgehead atoms. The first-order chi connectivity index (χ1) is 9.63. The first-order valence-electron chi connectivity index (χ1n) is 6.70. The molecule has 0 unspecified atom stereocenters. The Kier molecular flexibility index (Phi) is 3.11. The Morgan fingerprint density at radius 2 is 1.75 bits per heavy atom. The molecule has 0 aliphatic carbocycles. The summed E-state index contributed by atoms with van der Waals surface area (Å²) in [5.41, 5.74) is 6.67. The lowest BCUT2D eigenvalue weighted by atomic mass is 10.1. The molecule has 3 aromatic rings. The van der Waals surface area contributed by atoms with Gasteiger partial charge in [-0.2, -0.15) is 0 Å². The third-order valence-corrected chi connectivity index (χ3v) is 3.36. The second-order valence-corrected chi connectivity index (χ2v) is 5.14. The van der Waals surface area contributed by atoms with Crippen LogP contribution >= 0.6 is 0 Å². The summed E-state index contributed by atoms with van der Waals surface area (Å²) < 4.78 is 0. The average molecular weight is 263 g/mol. The highest BCUT2D eigenvalue weighted by Crippen LogP contribution is 2.24. The van der Waals surface area contributed by atoms with Crippen LogP contribution in [0.5, 0.6) is 0 Å². The molecule has 2 aromatic carbocycles. The van der Waals surface area contributed by atoms with Crippen LogP contribution in [-0.4, -0.2) is 16.2 Å². The van der Waals surface area contributed by atoms with Gasteiger partial charge < -0.3 is 4.98 Å². The number of hydrogen-bond acceptors (Lipinski definition) is 2. The molecule has 1 aromatic heterocycles. The van der Waals surface area contributed by atoms with Crippen molar-refractivity contribution in [2.45, 2.75) is 20.8 Å². The van der Waals surface area contributed by atoms with Gasteiger partial charge >= 0.3 is 0 Å². The molecule has 1 N–H and O–H groups in total. The van der Waals surface area contributed by atoms with Gasteiger partial charge in [0, 0.05) is 0 Å². The van der Waals surface area contributed by atoms with Gasteiger partial charge in [0.2, 0.25) is 0 Å². The van der Waals surface area contributed by atoms with Crippen molar-refractivity contribution >= 4 is 22.9 Å². The second kappa shape index (κ2) is 4.93. The molecule has 3 heteroatoms. The normalized spacial score (nSPS) is 11.6. The highest BCUT2D eigenvalue weighted by molar-refractivity contribution is 5.85. The van der Waals surface area contributed by atoms with Gasteiger partial charge in [0.15, 0.2) is 0 Å². The van der Waals surface area contributed by atoms with Gasteiger partial charge in [0.25, 0.3) is 0 Å². The van der Waals surface area contributed by atoms with E-state index in [1.54, 1.807) is 6.21 Å². The van der Waals surface area contributed by atoms with Crippen LogP contribution in [0.25, 0.3) is 11.0 Å². The van der Waals surface area contributed by atoms with Crippen LogP contribution in [0, 0.1) is 20.8 Å². The smallest absolute Gasteiger partial charge is 0.149 e. The van der Waals surface area contributed by atoms with Crippen LogP contribution < -0.4 is 0 Å². The van der Waals surface area contributed by atoms with Crippen molar-refractivity contribution in [1.29, 1.82) is 0 Å². The van der Waals surface area contributed by atoms with Crippen molar-refractivity contribution < 1.29 is 0 Å². The van der Waals surface area contributed by atoms with E-state index in [1.807, 2.05) is 24.3 Å². The number of hydrogen-bond donors (Lipinski definition) is 1. The van der Waals surface area contributed by atoms with Crippen molar-refractivity contribution in [2.24, 2.45) is 4.99 Å². The second-order valence-electron chi connectivity index (χ2n) is 5.14. The van der Waals surface area contributed by atoms with Crippen LogP contribution in [-0.2, 0) is 0 Å². The molecular weight excluding hydrogens is 246 g/mol. The SMILES string of the molecule is Cc1cc(C)c(N=Cc2nc3ccccc3[nH]2)c(C)c1. The number of nitrogens with one attached hydrogen (secondary N) is 1. The Morgan fingerprint density at radius 3 is 2.45 bits per heavy atom. The first-order valence-corrected chi connectivity index (χ1v) is 6.70. The number of fused-ring (bicyclic) bond motifs is 1. The topological polar surface area (TPSA) is 41.0 Å². The number of imidazole rings is 1. The number of rotatable bonds is 2. The van der Waals surface area contributed by atoms with Gasteiger partial charge in [-0.1, -0.05) is 29.8 Å². The van der Waals surface area contributed by atoms with Crippen LogP contribution in [0.1, 0.15) is 22.5 Å². The zero-order valence-electron chi connectivity index (χ0n) is 11.9. The Bertz CT molecular complexity index is 741. The van der Waals surface area contributed by atoms with Crippen molar-refractivity contribution in [2.75, 3.05) is 0 Å². The monoisotopic (exact) mass is 263 g/mol. The maximum atomic E-state index is 4.59. The summed E-state index contributed by atoms with van der Waals surface area (Å²) in [6.45, 7) is 6.28. The van der Waals surface area contributed by atoms with Crippen molar-refractivity contribution in [3.05, 3.63) is 58.9 Å². The van der Waals surface area contributed by atoms with Gasteiger partial charge in [-0.15, -0.1) is 0 Å². The quantitative estimate of drug-likeness (QED) is 0.690. The molecule has 3 rings (SSSR count). The van der Waals surface area contributed by atoms with E-state index in [0.29, 0.717) is 0 Å². The lowest BCUT2D eigenvalue weighted by Crippen LogP contribution is -1.87. The summed E-state index contributed by atoms with van der Waals surface area (Å²) in [5.74, 6) is 0.783. The highest BCUT2D eigenvalue weighted by Gasteiger charge is 2.03. The summed E-state index contributed by atoms with van der Waals surface area (Å²) in [5, 5.41) is 0. The lowest BCUT2D eigenvalue weighted by Gasteiger charge is -2.05. The molecule has 0 saturated carbocycles. The molecule has 20 heavy (non-hydrogen) atoms. The number of aliphatic imine (C=N–C) groups is 1. The van der Waals surface area contributed by atoms with Crippen molar-refractivity contribution in [3.63, 3.8) is 0 Å². The lowest BCUT2D eigenvalue weighted by molar-refractivity contribution is 1.27. The first kappa shape index (κ1) is 12.6. The van der Waals surface area contributed by atoms with E-state index in [1.165, 1.54) is 16.7 Å². The van der Waals surface area contributed by atoms with Crippen LogP contribution in [0.3, 0.4) is 0 Å². The minimum absolute atomic E-state index is 0.783. The Balaban J connectivity index is 1.98. The molecule has 0 aliphatic heterocycles. The predicted octanol–water partition coefficient (Wildman–Crippen LogP) is 4.24. The van der Waals surface area contributed by atoms with E-state index in [9.17, 15) is 0 Å². The maximum absolute atomic E-state index is 4.59. The molecule has 0 spiro atoms. The minimum Gasteiger partial charge on any atom is -0.337 e. The number of para-hydroxylation sites is 2. The summed E-state index contributed by atoms with van der Waals surface area (Å²) >= 11 is 0. The molecule has 0 amide bonds. The molecule has 0 atom stereocenters. The van der Waals surface area contributed by atoms with E-state index in [2.05, 4.69) is 47.9 Å². The Morgan fingerprint density at radius 1 is 1.05 bits per heavy atom. The zero-order chi connectivity index (χ0) is 14.1. The number of aromatic amines is 1. The fourth-order valence-corrected chi connectivity index (χ4v) is 2.54. The highest BCUT2D eigenvalue weighted by atomic mass is 14.9. The van der Waals surface area contributed by atoms with E-state index >= 15 is 0 Å². The third-order valence-electron chi connectivity index (χ3n) is 3.36. The molecule has 0 radical (unpaired) electrons. The summed E-state index contributed by atoms with van der Waals surface area (Å²) in [4.78, 5) is 12.3. The summed E-state index contributed by atoms with van der Waals surface area (Å²) in [6.07, 6.45) is 1.80. The summed E-state index contributed by atoms with van der Waals surface area (Å²) in [7, 11) is 0. The Labute approximate surface area is 118 Å². The molecule has 0 fully saturated rings. The van der Waals surface area contributed by atoms with Crippen molar-refractivity contribution in [1.82, 2.24) is 9.97 Å².